The zero-order valence-electron chi connectivity index (χ0n) is 10.3. The van der Waals surface area contributed by atoms with E-state index in [9.17, 15) is 4.79 Å². The van der Waals surface area contributed by atoms with Gasteiger partial charge in [-0.1, -0.05) is 13.8 Å². The van der Waals surface area contributed by atoms with E-state index in [1.54, 1.807) is 10.7 Å². The van der Waals surface area contributed by atoms with Gasteiger partial charge < -0.3 is 4.42 Å². The van der Waals surface area contributed by atoms with Crippen molar-refractivity contribution in [3.05, 3.63) is 35.3 Å². The van der Waals surface area contributed by atoms with E-state index in [1.165, 1.54) is 12.6 Å². The van der Waals surface area contributed by atoms with Crippen LogP contribution in [0.25, 0.3) is 0 Å². The Bertz CT molecular complexity index is 545. The van der Waals surface area contributed by atoms with E-state index in [1.807, 2.05) is 0 Å². The SMILES string of the molecule is CC(C)Cn1ncnc1CC(=O)c1ccoc1Cl. The first kappa shape index (κ1) is 12.8. The number of hydrogen-bond acceptors (Lipinski definition) is 4. The van der Waals surface area contributed by atoms with E-state index in [4.69, 9.17) is 16.0 Å². The maximum absolute atomic E-state index is 12.0. The first-order valence-corrected chi connectivity index (χ1v) is 6.08. The van der Waals surface area contributed by atoms with Gasteiger partial charge in [-0.05, 0) is 23.6 Å². The van der Waals surface area contributed by atoms with Gasteiger partial charge in [0.15, 0.2) is 5.78 Å². The Balaban J connectivity index is 2.13. The molecule has 2 aromatic heterocycles. The van der Waals surface area contributed by atoms with E-state index in [-0.39, 0.29) is 17.4 Å². The van der Waals surface area contributed by atoms with Crippen molar-refractivity contribution in [1.82, 2.24) is 14.8 Å². The lowest BCUT2D eigenvalue weighted by Crippen LogP contribution is -2.14. The van der Waals surface area contributed by atoms with Crippen molar-refractivity contribution < 1.29 is 9.21 Å². The van der Waals surface area contributed by atoms with Crippen molar-refractivity contribution in [2.24, 2.45) is 5.92 Å². The predicted molar refractivity (Wildman–Crippen MR) is 66.6 cm³/mol. The molecule has 0 aliphatic rings. The molecule has 0 saturated carbocycles. The Kier molecular flexibility index (Phi) is 3.81. The second kappa shape index (κ2) is 5.35. The van der Waals surface area contributed by atoms with Crippen molar-refractivity contribution in [2.75, 3.05) is 0 Å². The Hall–Kier alpha value is -1.62. The summed E-state index contributed by atoms with van der Waals surface area (Å²) in [7, 11) is 0. The average Bonchev–Trinajstić information content (AvgIpc) is 2.88. The molecule has 5 nitrogen and oxygen atoms in total. The first-order chi connectivity index (χ1) is 8.58. The molecular weight excluding hydrogens is 254 g/mol. The number of halogens is 1. The molecule has 0 amide bonds. The molecule has 0 unspecified atom stereocenters. The molecular formula is C12H14ClN3O2. The summed E-state index contributed by atoms with van der Waals surface area (Å²) in [6.07, 6.45) is 3.03. The standard InChI is InChI=1S/C12H14ClN3O2/c1-8(2)6-16-11(14-7-15-16)5-10(17)9-3-4-18-12(9)13/h3-4,7-8H,5-6H2,1-2H3. The lowest BCUT2D eigenvalue weighted by molar-refractivity contribution is 0.0988. The Morgan fingerprint density at radius 2 is 2.33 bits per heavy atom. The number of furan rings is 1. The number of carbonyl (C=O) groups excluding carboxylic acids is 1. The fraction of sp³-hybridized carbons (Fsp3) is 0.417. The van der Waals surface area contributed by atoms with Gasteiger partial charge >= 0.3 is 0 Å². The van der Waals surface area contributed by atoms with Crippen LogP contribution in [0.4, 0.5) is 0 Å². The normalized spacial score (nSPS) is 11.1. The minimum absolute atomic E-state index is 0.119. The van der Waals surface area contributed by atoms with Crippen LogP contribution in [0.1, 0.15) is 30.0 Å². The molecule has 0 aliphatic heterocycles. The number of nitrogens with zero attached hydrogens (tertiary/aromatic N) is 3. The number of carbonyl (C=O) groups is 1. The molecule has 2 aromatic rings. The van der Waals surface area contributed by atoms with Gasteiger partial charge in [0.2, 0.25) is 5.22 Å². The topological polar surface area (TPSA) is 60.9 Å². The second-order valence-corrected chi connectivity index (χ2v) is 4.80. The van der Waals surface area contributed by atoms with Crippen LogP contribution in [0.5, 0.6) is 0 Å². The van der Waals surface area contributed by atoms with Crippen molar-refractivity contribution in [3.63, 3.8) is 0 Å². The van der Waals surface area contributed by atoms with Crippen LogP contribution in [0.3, 0.4) is 0 Å². The molecule has 0 bridgehead atoms. The minimum atomic E-state index is -0.119. The van der Waals surface area contributed by atoms with Crippen LogP contribution in [-0.2, 0) is 13.0 Å². The van der Waals surface area contributed by atoms with Crippen molar-refractivity contribution in [1.29, 1.82) is 0 Å². The van der Waals surface area contributed by atoms with Crippen molar-refractivity contribution in [3.8, 4) is 0 Å². The molecule has 0 N–H and O–H groups in total. The van der Waals surface area contributed by atoms with Gasteiger partial charge in [0.25, 0.3) is 0 Å². The lowest BCUT2D eigenvalue weighted by atomic mass is 10.1. The molecule has 0 aliphatic carbocycles. The fourth-order valence-corrected chi connectivity index (χ4v) is 1.88. The number of rotatable bonds is 5. The van der Waals surface area contributed by atoms with Gasteiger partial charge in [0.05, 0.1) is 18.2 Å². The second-order valence-electron chi connectivity index (χ2n) is 4.46. The highest BCUT2D eigenvalue weighted by molar-refractivity contribution is 6.32. The van der Waals surface area contributed by atoms with Crippen LogP contribution in [0.2, 0.25) is 5.22 Å². The number of hydrogen-bond donors (Lipinski definition) is 0. The maximum Gasteiger partial charge on any atom is 0.203 e. The summed E-state index contributed by atoms with van der Waals surface area (Å²) in [6.45, 7) is 4.90. The van der Waals surface area contributed by atoms with E-state index < -0.39 is 0 Å². The number of Topliss-reactive ketones (excluding diaryl/α,β-unsaturated/α-hetero) is 1. The summed E-state index contributed by atoms with van der Waals surface area (Å²) in [5.74, 6) is 0.968. The van der Waals surface area contributed by atoms with E-state index in [0.717, 1.165) is 6.54 Å². The van der Waals surface area contributed by atoms with E-state index in [0.29, 0.717) is 17.3 Å². The lowest BCUT2D eigenvalue weighted by Gasteiger charge is -2.07. The van der Waals surface area contributed by atoms with Crippen molar-refractivity contribution in [2.45, 2.75) is 26.8 Å². The highest BCUT2D eigenvalue weighted by atomic mass is 35.5. The predicted octanol–water partition coefficient (Wildman–Crippen LogP) is 2.61. The quantitative estimate of drug-likeness (QED) is 0.781. The minimum Gasteiger partial charge on any atom is -0.452 e. The summed E-state index contributed by atoms with van der Waals surface area (Å²) in [5.41, 5.74) is 0.385. The van der Waals surface area contributed by atoms with Gasteiger partial charge in [0, 0.05) is 6.54 Å². The van der Waals surface area contributed by atoms with Crippen molar-refractivity contribution >= 4 is 17.4 Å². The van der Waals surface area contributed by atoms with Crippen LogP contribution in [0.15, 0.2) is 23.1 Å². The highest BCUT2D eigenvalue weighted by Gasteiger charge is 2.17. The van der Waals surface area contributed by atoms with Gasteiger partial charge in [-0.15, -0.1) is 0 Å². The summed E-state index contributed by atoms with van der Waals surface area (Å²) in [5, 5.41) is 4.23. The summed E-state index contributed by atoms with van der Waals surface area (Å²) < 4.78 is 6.65. The molecule has 2 heterocycles. The molecule has 0 radical (unpaired) electrons. The van der Waals surface area contributed by atoms with Crippen LogP contribution < -0.4 is 0 Å². The van der Waals surface area contributed by atoms with Crippen LogP contribution >= 0.6 is 11.6 Å². The van der Waals surface area contributed by atoms with Gasteiger partial charge in [-0.25, -0.2) is 9.67 Å². The molecule has 0 aromatic carbocycles. The molecule has 2 rings (SSSR count). The zero-order chi connectivity index (χ0) is 13.1. The zero-order valence-corrected chi connectivity index (χ0v) is 11.0. The molecule has 0 fully saturated rings. The maximum atomic E-state index is 12.0. The van der Waals surface area contributed by atoms with E-state index >= 15 is 0 Å². The molecule has 6 heteroatoms. The van der Waals surface area contributed by atoms with Gasteiger partial charge in [-0.3, -0.25) is 4.79 Å². The molecule has 0 spiro atoms. The average molecular weight is 268 g/mol. The molecule has 18 heavy (non-hydrogen) atoms. The summed E-state index contributed by atoms with van der Waals surface area (Å²) in [4.78, 5) is 16.1. The van der Waals surface area contributed by atoms with Gasteiger partial charge in [-0.2, -0.15) is 5.10 Å². The molecule has 96 valence electrons. The summed E-state index contributed by atoms with van der Waals surface area (Å²) in [6, 6.07) is 1.56. The third-order valence-electron chi connectivity index (χ3n) is 2.47. The molecule has 0 atom stereocenters. The third kappa shape index (κ3) is 2.79. The first-order valence-electron chi connectivity index (χ1n) is 5.70. The monoisotopic (exact) mass is 267 g/mol. The Labute approximate surface area is 110 Å². The smallest absolute Gasteiger partial charge is 0.203 e. The van der Waals surface area contributed by atoms with Gasteiger partial charge in [0.1, 0.15) is 12.2 Å². The third-order valence-corrected chi connectivity index (χ3v) is 2.76. The Morgan fingerprint density at radius 1 is 1.56 bits per heavy atom. The Morgan fingerprint density at radius 3 is 2.94 bits per heavy atom. The highest BCUT2D eigenvalue weighted by Crippen LogP contribution is 2.18. The van der Waals surface area contributed by atoms with Crippen LogP contribution in [-0.4, -0.2) is 20.5 Å². The number of aromatic nitrogens is 3. The van der Waals surface area contributed by atoms with Crippen LogP contribution in [0, 0.1) is 5.92 Å². The molecule has 0 saturated heterocycles. The fourth-order valence-electron chi connectivity index (χ4n) is 1.66. The largest absolute Gasteiger partial charge is 0.452 e. The summed E-state index contributed by atoms with van der Waals surface area (Å²) >= 11 is 5.77. The number of ketones is 1. The van der Waals surface area contributed by atoms with E-state index in [2.05, 4.69) is 23.9 Å².